The highest BCUT2D eigenvalue weighted by Gasteiger charge is 2.29. The highest BCUT2D eigenvalue weighted by molar-refractivity contribution is 7.47. The van der Waals surface area contributed by atoms with Gasteiger partial charge in [0, 0.05) is 19.3 Å². The van der Waals surface area contributed by atoms with Crippen LogP contribution in [0.5, 0.6) is 0 Å². The molecule has 0 heterocycles. The predicted octanol–water partition coefficient (Wildman–Crippen LogP) is 21.2. The lowest BCUT2D eigenvalue weighted by Gasteiger charge is -2.21. The Hall–Kier alpha value is -5.61. The summed E-state index contributed by atoms with van der Waals surface area (Å²) in [5.41, 5.74) is 0. The van der Waals surface area contributed by atoms with Gasteiger partial charge in [-0.3, -0.25) is 32.5 Å². The Labute approximate surface area is 597 Å². The van der Waals surface area contributed by atoms with Crippen LogP contribution in [0.1, 0.15) is 239 Å². The van der Waals surface area contributed by atoms with Crippen molar-refractivity contribution in [2.45, 2.75) is 257 Å². The lowest BCUT2D eigenvalue weighted by atomic mass is 10.1. The van der Waals surface area contributed by atoms with Gasteiger partial charge in [0.1, 0.15) is 25.4 Å². The number of ether oxygens (including phenoxy) is 3. The highest BCUT2D eigenvalue weighted by atomic mass is 31.2. The Balaban J connectivity index is 4.80. The average molecular weight is 1420 g/mol. The zero-order valence-electron chi connectivity index (χ0n) is 60.6. The number of rotatable bonds is 67. The van der Waals surface area contributed by atoms with Crippen molar-refractivity contribution in [3.8, 4) is 0 Å². The molecule has 4 N–H and O–H groups in total. The number of phosphoric ester groups is 2. The first kappa shape index (κ1) is 93.4. The molecule has 0 aliphatic rings. The van der Waals surface area contributed by atoms with Crippen molar-refractivity contribution >= 4 is 33.6 Å². The molecule has 5 atom stereocenters. The maximum Gasteiger partial charge on any atom is 0.472 e. The van der Waals surface area contributed by atoms with Gasteiger partial charge in [0.05, 0.1) is 26.4 Å². The van der Waals surface area contributed by atoms with Crippen LogP contribution in [0.2, 0.25) is 0 Å². The molecular weight excluding hydrogens is 1290 g/mol. The van der Waals surface area contributed by atoms with E-state index < -0.39 is 91.5 Å². The molecule has 0 spiro atoms. The molecule has 0 saturated heterocycles. The molecule has 16 nitrogen and oxygen atoms in total. The number of carbonyl (C=O) groups excluding carboxylic acids is 3. The number of hydrogen-bond donors (Lipinski definition) is 4. The zero-order valence-corrected chi connectivity index (χ0v) is 62.4. The Kier molecular flexibility index (Phi) is 68.1. The van der Waals surface area contributed by atoms with Gasteiger partial charge in [-0.05, 0) is 161 Å². The van der Waals surface area contributed by atoms with E-state index in [1.165, 1.54) is 0 Å². The summed E-state index contributed by atoms with van der Waals surface area (Å²) in [6.07, 6.45) is 93.3. The van der Waals surface area contributed by atoms with Crippen LogP contribution in [-0.4, -0.2) is 95.9 Å². The van der Waals surface area contributed by atoms with Gasteiger partial charge in [-0.1, -0.05) is 254 Å². The summed E-state index contributed by atoms with van der Waals surface area (Å²) in [6.45, 7) is 2.19. The molecule has 99 heavy (non-hydrogen) atoms. The third-order valence-corrected chi connectivity index (χ3v) is 16.2. The molecule has 0 bridgehead atoms. The van der Waals surface area contributed by atoms with Crippen molar-refractivity contribution in [1.29, 1.82) is 0 Å². The molecule has 0 aliphatic heterocycles. The van der Waals surface area contributed by atoms with Crippen LogP contribution in [0.4, 0.5) is 0 Å². The second-order valence-corrected chi connectivity index (χ2v) is 26.5. The Bertz CT molecular complexity index is 2580. The minimum atomic E-state index is -4.96. The number of unbranched alkanes of at least 4 members (excludes halogenated alkanes) is 12. The van der Waals surface area contributed by atoms with Crippen LogP contribution in [0, 0.1) is 0 Å². The first-order valence-corrected chi connectivity index (χ1v) is 39.7. The van der Waals surface area contributed by atoms with Crippen LogP contribution in [0.3, 0.4) is 0 Å². The number of phosphoric acid groups is 2. The van der Waals surface area contributed by atoms with Crippen molar-refractivity contribution in [2.24, 2.45) is 0 Å². The van der Waals surface area contributed by atoms with Crippen LogP contribution in [0.25, 0.3) is 0 Å². The fourth-order valence-electron chi connectivity index (χ4n) is 8.80. The number of aliphatic hydroxyl groups excluding tert-OH is 2. The first-order chi connectivity index (χ1) is 48.2. The van der Waals surface area contributed by atoms with Gasteiger partial charge in [0.15, 0.2) is 6.10 Å². The lowest BCUT2D eigenvalue weighted by Crippen LogP contribution is -2.30. The van der Waals surface area contributed by atoms with Crippen molar-refractivity contribution < 1.29 is 75.8 Å². The summed E-state index contributed by atoms with van der Waals surface area (Å²) < 4.78 is 61.0. The summed E-state index contributed by atoms with van der Waals surface area (Å²) in [5.74, 6) is -1.69. The molecule has 0 aromatic rings. The van der Waals surface area contributed by atoms with E-state index in [-0.39, 0.29) is 19.3 Å². The smallest absolute Gasteiger partial charge is 0.463 e. The molecule has 18 heteroatoms. The van der Waals surface area contributed by atoms with Gasteiger partial charge in [-0.15, -0.1) is 0 Å². The van der Waals surface area contributed by atoms with E-state index in [1.807, 2.05) is 0 Å². The number of esters is 3. The minimum absolute atomic E-state index is 0.0462. The van der Waals surface area contributed by atoms with Gasteiger partial charge in [-0.25, -0.2) is 9.13 Å². The summed E-state index contributed by atoms with van der Waals surface area (Å²) in [5, 5.41) is 20.6. The van der Waals surface area contributed by atoms with Gasteiger partial charge in [-0.2, -0.15) is 0 Å². The van der Waals surface area contributed by atoms with Crippen molar-refractivity contribution in [2.75, 3.05) is 39.6 Å². The largest absolute Gasteiger partial charge is 0.472 e. The highest BCUT2D eigenvalue weighted by Crippen LogP contribution is 2.45. The normalized spacial score (nSPS) is 15.2. The molecule has 0 aromatic carbocycles. The standard InChI is InChI=1S/C81H128O16P2/c1-4-7-10-13-16-19-22-25-28-31-34-36-37-39-42-43-46-49-52-55-58-61-64-67-79(84)91-70-76(82)71-93-98(87,88)94-72-77(83)73-95-99(89,90)96-75-78(97-81(86)69-66-63-60-57-54-51-48-45-40-33-30-27-24-21-18-15-12-9-6-3)74-92-80(85)68-65-62-59-56-53-50-47-44-41-38-35-32-29-26-23-20-17-14-11-8-5-2/h7-12,16-21,25-30,34-36,38-40,42,44-45,47,51,53-54,56,76-78,82-83H,4-6,13-15,22-24,31-33,37,41,43,46,48-50,52,55,57-75H2,1-3H3,(H,87,88)(H,89,90)/b10-7-,11-8-,12-9-,19-16-,20-17-,21-18-,28-25-,29-26-,30-27-,36-34-,38-35-,42-39-,45-40-,47-44-,54-51-,56-53-. The van der Waals surface area contributed by atoms with E-state index in [1.54, 1.807) is 0 Å². The maximum atomic E-state index is 13.0. The van der Waals surface area contributed by atoms with Crippen LogP contribution in [-0.2, 0) is 55.8 Å². The molecule has 5 unspecified atom stereocenters. The van der Waals surface area contributed by atoms with E-state index in [0.717, 1.165) is 180 Å². The van der Waals surface area contributed by atoms with Gasteiger partial charge in [0.25, 0.3) is 0 Å². The van der Waals surface area contributed by atoms with Crippen molar-refractivity contribution in [3.05, 3.63) is 194 Å². The first-order valence-electron chi connectivity index (χ1n) is 36.7. The van der Waals surface area contributed by atoms with Gasteiger partial charge in [0.2, 0.25) is 0 Å². The minimum Gasteiger partial charge on any atom is -0.463 e. The second-order valence-electron chi connectivity index (χ2n) is 23.6. The number of carbonyl (C=O) groups is 3. The Morgan fingerprint density at radius 1 is 0.283 bits per heavy atom. The fourth-order valence-corrected chi connectivity index (χ4v) is 10.4. The molecule has 0 saturated carbocycles. The Morgan fingerprint density at radius 2 is 0.505 bits per heavy atom. The third-order valence-electron chi connectivity index (χ3n) is 14.3. The lowest BCUT2D eigenvalue weighted by molar-refractivity contribution is -0.161. The quantitative estimate of drug-likeness (QED) is 0.0146. The SMILES string of the molecule is CC/C=C\C/C=C\C/C=C\C/C=C\C/C=C\C/C=C\CCCCC(=O)OCC(COP(=O)(O)OCC(O)COP(=O)(O)OCC(O)COC(=O)CCCCCCCCC/C=C\C/C=C\C/C=C\C/C=C\C/C=C\CC)OC(=O)CCCCC/C=C\C/C=C\C/C=C\C/C=C\C/C=C\CC. The number of aliphatic hydroxyl groups is 2. The molecule has 0 amide bonds. The van der Waals surface area contributed by atoms with Crippen molar-refractivity contribution in [1.82, 2.24) is 0 Å². The van der Waals surface area contributed by atoms with E-state index in [2.05, 4.69) is 215 Å². The predicted molar refractivity (Wildman–Crippen MR) is 408 cm³/mol. The molecule has 0 rings (SSSR count). The van der Waals surface area contributed by atoms with Crippen LogP contribution >= 0.6 is 15.6 Å². The third kappa shape index (κ3) is 73.4. The summed E-state index contributed by atoms with van der Waals surface area (Å²) in [7, 11) is -9.83. The fraction of sp³-hybridized carbons (Fsp3) is 0.568. The van der Waals surface area contributed by atoms with Crippen LogP contribution in [0.15, 0.2) is 194 Å². The van der Waals surface area contributed by atoms with Crippen LogP contribution < -0.4 is 0 Å². The summed E-state index contributed by atoms with van der Waals surface area (Å²) in [4.78, 5) is 58.6. The molecule has 0 aliphatic carbocycles. The van der Waals surface area contributed by atoms with E-state index in [0.29, 0.717) is 19.3 Å². The maximum absolute atomic E-state index is 13.0. The van der Waals surface area contributed by atoms with E-state index >= 15 is 0 Å². The monoisotopic (exact) mass is 1420 g/mol. The second kappa shape index (κ2) is 72.2. The molecule has 558 valence electrons. The average Bonchev–Trinajstić information content (AvgIpc) is 2.42. The zero-order chi connectivity index (χ0) is 72.3. The molecule has 0 fully saturated rings. The molecular formula is C81H128O16P2. The topological polar surface area (TPSA) is 231 Å². The molecule has 0 aromatic heterocycles. The molecule has 0 radical (unpaired) electrons. The van der Waals surface area contributed by atoms with E-state index in [9.17, 15) is 43.5 Å². The summed E-state index contributed by atoms with van der Waals surface area (Å²) in [6, 6.07) is 0. The van der Waals surface area contributed by atoms with Crippen molar-refractivity contribution in [3.63, 3.8) is 0 Å². The number of hydrogen-bond acceptors (Lipinski definition) is 14. The van der Waals surface area contributed by atoms with Gasteiger partial charge < -0.3 is 34.2 Å². The van der Waals surface area contributed by atoms with Gasteiger partial charge >= 0.3 is 33.6 Å². The summed E-state index contributed by atoms with van der Waals surface area (Å²) >= 11 is 0. The Morgan fingerprint density at radius 3 is 0.828 bits per heavy atom. The van der Waals surface area contributed by atoms with E-state index in [4.69, 9.17) is 32.3 Å². The number of allylic oxidation sites excluding steroid dienone is 32.